The van der Waals surface area contributed by atoms with Crippen molar-refractivity contribution in [2.24, 2.45) is 5.92 Å². The average Bonchev–Trinajstić information content (AvgIpc) is 2.78. The van der Waals surface area contributed by atoms with Crippen molar-refractivity contribution in [3.05, 3.63) is 23.3 Å². The molecule has 0 amide bonds. The van der Waals surface area contributed by atoms with Gasteiger partial charge in [0.05, 0.1) is 5.41 Å². The Bertz CT molecular complexity index is 715. The van der Waals surface area contributed by atoms with Crippen LogP contribution in [0.15, 0.2) is 12.1 Å². The molecular formula is C18H21NO3. The summed E-state index contributed by atoms with van der Waals surface area (Å²) in [6.07, 6.45) is 3.48. The first kappa shape index (κ1) is 12.9. The van der Waals surface area contributed by atoms with Crippen LogP contribution < -0.4 is 4.74 Å². The summed E-state index contributed by atoms with van der Waals surface area (Å²) >= 11 is 0. The number of hydrogen-bond acceptors (Lipinski definition) is 4. The van der Waals surface area contributed by atoms with Gasteiger partial charge in [-0.25, -0.2) is 0 Å². The van der Waals surface area contributed by atoms with Gasteiger partial charge in [0.15, 0.2) is 22.9 Å². The molecule has 4 heteroatoms. The lowest BCUT2D eigenvalue weighted by Gasteiger charge is -2.60. The van der Waals surface area contributed by atoms with Gasteiger partial charge in [-0.2, -0.15) is 0 Å². The first-order valence-electron chi connectivity index (χ1n) is 8.27. The second-order valence-corrected chi connectivity index (χ2v) is 7.63. The molecule has 22 heavy (non-hydrogen) atoms. The largest absolute Gasteiger partial charge is 0.504 e. The van der Waals surface area contributed by atoms with Crippen molar-refractivity contribution in [1.82, 2.24) is 4.90 Å². The van der Waals surface area contributed by atoms with Gasteiger partial charge in [0.2, 0.25) is 0 Å². The number of likely N-dealkylation sites (N-methyl/N-ethyl adjacent to an activating group) is 1. The Morgan fingerprint density at radius 2 is 2.23 bits per heavy atom. The van der Waals surface area contributed by atoms with E-state index in [0.29, 0.717) is 24.1 Å². The van der Waals surface area contributed by atoms with Gasteiger partial charge in [0.25, 0.3) is 0 Å². The first-order chi connectivity index (χ1) is 10.5. The van der Waals surface area contributed by atoms with Gasteiger partial charge in [0, 0.05) is 18.0 Å². The number of carbonyl (C=O) groups excluding carboxylic acids is 1. The number of phenols is 1. The summed E-state index contributed by atoms with van der Waals surface area (Å²) in [5.41, 5.74) is 1.38. The summed E-state index contributed by atoms with van der Waals surface area (Å²) in [7, 11) is 2.20. The van der Waals surface area contributed by atoms with Crippen LogP contribution in [0.5, 0.6) is 11.5 Å². The number of Topliss-reactive ketones (excluding diaryl/α,β-unsaturated/α-hetero) is 1. The minimum Gasteiger partial charge on any atom is -0.504 e. The number of phenolic OH excluding ortho intramolecular Hbond substituents is 1. The third-order valence-corrected chi connectivity index (χ3v) is 6.99. The van der Waals surface area contributed by atoms with E-state index < -0.39 is 5.60 Å². The van der Waals surface area contributed by atoms with Crippen molar-refractivity contribution in [2.75, 3.05) is 13.6 Å². The van der Waals surface area contributed by atoms with E-state index in [9.17, 15) is 9.90 Å². The average molecular weight is 299 g/mol. The zero-order valence-electron chi connectivity index (χ0n) is 13.1. The van der Waals surface area contributed by atoms with E-state index in [1.807, 2.05) is 13.0 Å². The van der Waals surface area contributed by atoms with Gasteiger partial charge in [-0.05, 0) is 57.3 Å². The predicted octanol–water partition coefficient (Wildman–Crippen LogP) is 2.02. The third kappa shape index (κ3) is 1.13. The highest BCUT2D eigenvalue weighted by Gasteiger charge is 2.71. The SMILES string of the molecule is CN1CC[C@]23c4c5ccc(O)c4OC2(C)C(=O)CCC3[C@H]1C5. The molecule has 1 aromatic rings. The molecule has 1 saturated heterocycles. The minimum absolute atomic E-state index is 0.188. The number of rotatable bonds is 0. The van der Waals surface area contributed by atoms with Crippen LogP contribution in [-0.2, 0) is 16.6 Å². The van der Waals surface area contributed by atoms with Crippen LogP contribution in [0, 0.1) is 5.92 Å². The Kier molecular flexibility index (Phi) is 2.16. The Hall–Kier alpha value is -1.55. The molecule has 1 N–H and O–H groups in total. The van der Waals surface area contributed by atoms with Gasteiger partial charge in [-0.1, -0.05) is 6.07 Å². The molecule has 116 valence electrons. The minimum atomic E-state index is -0.800. The van der Waals surface area contributed by atoms with Crippen LogP contribution in [0.4, 0.5) is 0 Å². The van der Waals surface area contributed by atoms with Crippen LogP contribution >= 0.6 is 0 Å². The smallest absolute Gasteiger partial charge is 0.177 e. The van der Waals surface area contributed by atoms with Crippen LogP contribution in [-0.4, -0.2) is 41.0 Å². The number of carbonyl (C=O) groups is 1. The maximum absolute atomic E-state index is 12.8. The molecule has 2 unspecified atom stereocenters. The van der Waals surface area contributed by atoms with E-state index in [1.165, 1.54) is 5.56 Å². The Morgan fingerprint density at radius 1 is 1.41 bits per heavy atom. The van der Waals surface area contributed by atoms with E-state index in [0.717, 1.165) is 31.4 Å². The van der Waals surface area contributed by atoms with Gasteiger partial charge in [0.1, 0.15) is 0 Å². The summed E-state index contributed by atoms with van der Waals surface area (Å²) < 4.78 is 6.23. The Balaban J connectivity index is 1.87. The zero-order valence-corrected chi connectivity index (χ0v) is 13.1. The summed E-state index contributed by atoms with van der Waals surface area (Å²) in [4.78, 5) is 15.3. The molecule has 4 aliphatic rings. The lowest BCUT2D eigenvalue weighted by molar-refractivity contribution is -0.153. The lowest BCUT2D eigenvalue weighted by atomic mass is 9.47. The fourth-order valence-electron chi connectivity index (χ4n) is 5.94. The van der Waals surface area contributed by atoms with Gasteiger partial charge in [-0.3, -0.25) is 4.79 Å². The number of ketones is 1. The molecule has 0 aromatic heterocycles. The number of hydrogen-bond donors (Lipinski definition) is 1. The van der Waals surface area contributed by atoms with E-state index in [1.54, 1.807) is 6.07 Å². The van der Waals surface area contributed by atoms with Gasteiger partial charge < -0.3 is 14.7 Å². The fourth-order valence-corrected chi connectivity index (χ4v) is 5.94. The van der Waals surface area contributed by atoms with E-state index in [-0.39, 0.29) is 16.9 Å². The molecule has 1 saturated carbocycles. The van der Waals surface area contributed by atoms with E-state index >= 15 is 0 Å². The van der Waals surface area contributed by atoms with Crippen molar-refractivity contribution in [2.45, 2.75) is 49.7 Å². The van der Waals surface area contributed by atoms with Crippen LogP contribution in [0.1, 0.15) is 37.3 Å². The molecule has 2 bridgehead atoms. The zero-order chi connectivity index (χ0) is 15.3. The summed E-state index contributed by atoms with van der Waals surface area (Å²) in [6, 6.07) is 4.24. The summed E-state index contributed by atoms with van der Waals surface area (Å²) in [5.74, 6) is 1.43. The van der Waals surface area contributed by atoms with Gasteiger partial charge >= 0.3 is 0 Å². The quantitative estimate of drug-likeness (QED) is 0.796. The standard InChI is InChI=1S/C18H21NO3/c1-17-14(21)6-4-11-12-9-10-3-5-13(20)16(22-17)15(10)18(11,17)7-8-19(12)2/h3,5,11-12,20H,4,6-9H2,1-2H3/t11?,12-,17?,18+/m1/s1. The Labute approximate surface area is 130 Å². The molecular weight excluding hydrogens is 278 g/mol. The lowest BCUT2D eigenvalue weighted by Crippen LogP contribution is -2.70. The number of nitrogens with zero attached hydrogens (tertiary/aromatic N) is 1. The van der Waals surface area contributed by atoms with Crippen LogP contribution in [0.2, 0.25) is 0 Å². The fraction of sp³-hybridized carbons (Fsp3) is 0.611. The highest BCUT2D eigenvalue weighted by molar-refractivity contribution is 5.93. The maximum atomic E-state index is 12.8. The van der Waals surface area contributed by atoms with Crippen molar-refractivity contribution in [3.63, 3.8) is 0 Å². The number of piperidine rings is 1. The maximum Gasteiger partial charge on any atom is 0.177 e. The Morgan fingerprint density at radius 3 is 3.05 bits per heavy atom. The summed E-state index contributed by atoms with van der Waals surface area (Å²) in [6.45, 7) is 2.96. The molecule has 4 nitrogen and oxygen atoms in total. The highest BCUT2D eigenvalue weighted by atomic mass is 16.5. The number of ether oxygens (including phenoxy) is 1. The summed E-state index contributed by atoms with van der Waals surface area (Å²) in [5, 5.41) is 10.3. The topological polar surface area (TPSA) is 49.8 Å². The van der Waals surface area contributed by atoms with Crippen molar-refractivity contribution >= 4 is 5.78 Å². The van der Waals surface area contributed by atoms with Crippen molar-refractivity contribution in [3.8, 4) is 11.5 Å². The molecule has 2 aliphatic carbocycles. The highest BCUT2D eigenvalue weighted by Crippen LogP contribution is 2.66. The first-order valence-corrected chi connectivity index (χ1v) is 8.27. The van der Waals surface area contributed by atoms with E-state index in [2.05, 4.69) is 11.9 Å². The molecule has 2 aliphatic heterocycles. The predicted molar refractivity (Wildman–Crippen MR) is 81.3 cm³/mol. The third-order valence-electron chi connectivity index (χ3n) is 6.99. The normalized spacial score (nSPS) is 42.0. The molecule has 5 rings (SSSR count). The number of benzene rings is 1. The molecule has 4 atom stereocenters. The van der Waals surface area contributed by atoms with E-state index in [4.69, 9.17) is 4.74 Å². The van der Waals surface area contributed by atoms with Gasteiger partial charge in [-0.15, -0.1) is 0 Å². The molecule has 1 aromatic carbocycles. The number of aromatic hydroxyl groups is 1. The number of likely N-dealkylation sites (tertiary alicyclic amines) is 1. The molecule has 2 heterocycles. The van der Waals surface area contributed by atoms with Crippen molar-refractivity contribution in [1.29, 1.82) is 0 Å². The second-order valence-electron chi connectivity index (χ2n) is 7.63. The monoisotopic (exact) mass is 299 g/mol. The molecule has 2 fully saturated rings. The van der Waals surface area contributed by atoms with Crippen molar-refractivity contribution < 1.29 is 14.6 Å². The van der Waals surface area contributed by atoms with Crippen LogP contribution in [0.3, 0.4) is 0 Å². The molecule has 0 radical (unpaired) electrons. The van der Waals surface area contributed by atoms with Crippen LogP contribution in [0.25, 0.3) is 0 Å². The second kappa shape index (κ2) is 3.67. The molecule has 1 spiro atoms.